The van der Waals surface area contributed by atoms with Gasteiger partial charge in [-0.2, -0.15) is 0 Å². The van der Waals surface area contributed by atoms with Crippen LogP contribution in [0.1, 0.15) is 19.3 Å². The van der Waals surface area contributed by atoms with E-state index in [4.69, 9.17) is 4.74 Å². The predicted octanol–water partition coefficient (Wildman–Crippen LogP) is 2.38. The van der Waals surface area contributed by atoms with E-state index in [0.717, 1.165) is 25.0 Å². The van der Waals surface area contributed by atoms with Gasteiger partial charge < -0.3 is 15.2 Å². The van der Waals surface area contributed by atoms with Crippen LogP contribution in [0.25, 0.3) is 0 Å². The molecule has 1 aromatic rings. The molecule has 2 bridgehead atoms. The zero-order chi connectivity index (χ0) is 15.0. The normalized spacial score (nSPS) is 30.1. The number of fused-ring (bicyclic) bond motifs is 2. The first-order valence-electron chi connectivity index (χ1n) is 7.28. The Morgan fingerprint density at radius 1 is 1.14 bits per heavy atom. The lowest BCUT2D eigenvalue weighted by Crippen LogP contribution is -2.37. The highest BCUT2D eigenvalue weighted by molar-refractivity contribution is 5.96. The summed E-state index contributed by atoms with van der Waals surface area (Å²) >= 11 is 0. The fourth-order valence-electron chi connectivity index (χ4n) is 3.92. The van der Waals surface area contributed by atoms with Crippen LogP contribution in [0.15, 0.2) is 24.3 Å². The molecule has 2 aliphatic carbocycles. The van der Waals surface area contributed by atoms with Crippen LogP contribution in [-0.2, 0) is 9.59 Å². The van der Waals surface area contributed by atoms with Crippen molar-refractivity contribution in [3.05, 3.63) is 24.3 Å². The minimum atomic E-state index is -0.836. The monoisotopic (exact) mass is 289 g/mol. The SMILES string of the molecule is COc1ccc(NC(=O)[C@H]2[C@H]3CC[C@@H](C3)[C@H]2C(=O)O)cc1. The van der Waals surface area contributed by atoms with E-state index >= 15 is 0 Å². The Morgan fingerprint density at radius 2 is 1.76 bits per heavy atom. The molecule has 1 amide bonds. The molecule has 2 N–H and O–H groups in total. The quantitative estimate of drug-likeness (QED) is 0.892. The third kappa shape index (κ3) is 2.48. The summed E-state index contributed by atoms with van der Waals surface area (Å²) in [7, 11) is 1.58. The zero-order valence-corrected chi connectivity index (χ0v) is 11.9. The van der Waals surface area contributed by atoms with Crippen LogP contribution >= 0.6 is 0 Å². The smallest absolute Gasteiger partial charge is 0.307 e. The van der Waals surface area contributed by atoms with Crippen LogP contribution in [0.2, 0.25) is 0 Å². The number of rotatable bonds is 4. The van der Waals surface area contributed by atoms with E-state index in [1.165, 1.54) is 0 Å². The van der Waals surface area contributed by atoms with Gasteiger partial charge in [0.05, 0.1) is 18.9 Å². The number of carbonyl (C=O) groups is 2. The van der Waals surface area contributed by atoms with Gasteiger partial charge in [0.15, 0.2) is 0 Å². The summed E-state index contributed by atoms with van der Waals surface area (Å²) in [5.41, 5.74) is 0.674. The summed E-state index contributed by atoms with van der Waals surface area (Å²) in [6.45, 7) is 0. The summed E-state index contributed by atoms with van der Waals surface area (Å²) in [6, 6.07) is 7.07. The van der Waals surface area contributed by atoms with Crippen molar-refractivity contribution in [3.63, 3.8) is 0 Å². The van der Waals surface area contributed by atoms with Gasteiger partial charge in [-0.05, 0) is 55.4 Å². The van der Waals surface area contributed by atoms with Gasteiger partial charge in [0.2, 0.25) is 5.91 Å². The van der Waals surface area contributed by atoms with Gasteiger partial charge in [0.25, 0.3) is 0 Å². The second-order valence-electron chi connectivity index (χ2n) is 5.94. The molecule has 2 aliphatic rings. The van der Waals surface area contributed by atoms with E-state index in [-0.39, 0.29) is 17.7 Å². The number of anilines is 1. The number of ether oxygens (including phenoxy) is 1. The number of amides is 1. The Kier molecular flexibility index (Phi) is 3.57. The summed E-state index contributed by atoms with van der Waals surface area (Å²) < 4.78 is 5.07. The predicted molar refractivity (Wildman–Crippen MR) is 77.1 cm³/mol. The molecular weight excluding hydrogens is 270 g/mol. The first-order valence-corrected chi connectivity index (χ1v) is 7.28. The molecule has 5 nitrogen and oxygen atoms in total. The van der Waals surface area contributed by atoms with E-state index in [9.17, 15) is 14.7 Å². The van der Waals surface area contributed by atoms with Crippen molar-refractivity contribution in [1.29, 1.82) is 0 Å². The van der Waals surface area contributed by atoms with Crippen LogP contribution in [0.4, 0.5) is 5.69 Å². The average molecular weight is 289 g/mol. The Labute approximate surface area is 123 Å². The van der Waals surface area contributed by atoms with E-state index in [1.54, 1.807) is 31.4 Å². The van der Waals surface area contributed by atoms with Crippen LogP contribution < -0.4 is 10.1 Å². The molecule has 1 aromatic carbocycles. The third-order valence-electron chi connectivity index (χ3n) is 4.86. The Morgan fingerprint density at radius 3 is 2.33 bits per heavy atom. The van der Waals surface area contributed by atoms with Gasteiger partial charge in [0, 0.05) is 5.69 Å². The molecule has 0 radical (unpaired) electrons. The highest BCUT2D eigenvalue weighted by Crippen LogP contribution is 2.52. The molecule has 4 atom stereocenters. The van der Waals surface area contributed by atoms with Crippen LogP contribution in [0.3, 0.4) is 0 Å². The molecule has 3 rings (SSSR count). The minimum absolute atomic E-state index is 0.166. The zero-order valence-electron chi connectivity index (χ0n) is 11.9. The van der Waals surface area contributed by atoms with Crippen molar-refractivity contribution in [2.75, 3.05) is 12.4 Å². The van der Waals surface area contributed by atoms with Gasteiger partial charge in [0.1, 0.15) is 5.75 Å². The first kappa shape index (κ1) is 13.9. The highest BCUT2D eigenvalue weighted by Gasteiger charge is 2.53. The molecule has 0 heterocycles. The first-order chi connectivity index (χ1) is 10.1. The van der Waals surface area contributed by atoms with Crippen molar-refractivity contribution < 1.29 is 19.4 Å². The number of carbonyl (C=O) groups excluding carboxylic acids is 1. The molecular formula is C16H19NO4. The van der Waals surface area contributed by atoms with Gasteiger partial charge in [-0.1, -0.05) is 0 Å². The van der Waals surface area contributed by atoms with Crippen LogP contribution in [0.5, 0.6) is 5.75 Å². The summed E-state index contributed by atoms with van der Waals surface area (Å²) in [5, 5.41) is 12.2. The summed E-state index contributed by atoms with van der Waals surface area (Å²) in [5.74, 6) is -0.827. The number of nitrogens with one attached hydrogen (secondary N) is 1. The fourth-order valence-corrected chi connectivity index (χ4v) is 3.92. The van der Waals surface area contributed by atoms with Gasteiger partial charge in [-0.15, -0.1) is 0 Å². The van der Waals surface area contributed by atoms with Gasteiger partial charge >= 0.3 is 5.97 Å². The topological polar surface area (TPSA) is 75.6 Å². The number of aliphatic carboxylic acids is 1. The lowest BCUT2D eigenvalue weighted by molar-refractivity contribution is -0.148. The molecule has 0 aromatic heterocycles. The van der Waals surface area contributed by atoms with Crippen molar-refractivity contribution >= 4 is 17.6 Å². The minimum Gasteiger partial charge on any atom is -0.497 e. The Balaban J connectivity index is 1.73. The van der Waals surface area contributed by atoms with Crippen LogP contribution in [0, 0.1) is 23.7 Å². The fraction of sp³-hybridized carbons (Fsp3) is 0.500. The molecule has 2 saturated carbocycles. The maximum Gasteiger partial charge on any atom is 0.307 e. The van der Waals surface area contributed by atoms with Crippen LogP contribution in [-0.4, -0.2) is 24.1 Å². The summed E-state index contributed by atoms with van der Waals surface area (Å²) in [6.07, 6.45) is 2.78. The van der Waals surface area contributed by atoms with E-state index in [1.807, 2.05) is 0 Å². The number of carboxylic acid groups (broad SMARTS) is 1. The number of hydrogen-bond donors (Lipinski definition) is 2. The number of carboxylic acids is 1. The third-order valence-corrected chi connectivity index (χ3v) is 4.86. The molecule has 0 unspecified atom stereocenters. The molecule has 5 heteroatoms. The van der Waals surface area contributed by atoms with Crippen molar-refractivity contribution in [2.45, 2.75) is 19.3 Å². The highest BCUT2D eigenvalue weighted by atomic mass is 16.5. The largest absolute Gasteiger partial charge is 0.497 e. The van der Waals surface area contributed by atoms with E-state index < -0.39 is 17.8 Å². The number of methoxy groups -OCH3 is 1. The Hall–Kier alpha value is -2.04. The lowest BCUT2D eigenvalue weighted by atomic mass is 9.78. The number of benzene rings is 1. The lowest BCUT2D eigenvalue weighted by Gasteiger charge is -2.27. The van der Waals surface area contributed by atoms with Crippen molar-refractivity contribution in [2.24, 2.45) is 23.7 Å². The van der Waals surface area contributed by atoms with E-state index in [0.29, 0.717) is 5.69 Å². The molecule has 112 valence electrons. The maximum absolute atomic E-state index is 12.5. The molecule has 0 saturated heterocycles. The second-order valence-corrected chi connectivity index (χ2v) is 5.94. The van der Waals surface area contributed by atoms with E-state index in [2.05, 4.69) is 5.32 Å². The van der Waals surface area contributed by atoms with Gasteiger partial charge in [-0.3, -0.25) is 9.59 Å². The number of hydrogen-bond acceptors (Lipinski definition) is 3. The maximum atomic E-state index is 12.5. The Bertz CT molecular complexity index is 554. The molecule has 21 heavy (non-hydrogen) atoms. The van der Waals surface area contributed by atoms with Crippen molar-refractivity contribution in [1.82, 2.24) is 0 Å². The molecule has 0 aliphatic heterocycles. The van der Waals surface area contributed by atoms with Gasteiger partial charge in [-0.25, -0.2) is 0 Å². The molecule has 2 fully saturated rings. The summed E-state index contributed by atoms with van der Waals surface area (Å²) in [4.78, 5) is 23.9. The second kappa shape index (κ2) is 5.39. The van der Waals surface area contributed by atoms with Crippen molar-refractivity contribution in [3.8, 4) is 5.75 Å². The standard InChI is InChI=1S/C16H19NO4/c1-21-12-6-4-11(5-7-12)17-15(18)13-9-2-3-10(8-9)14(13)16(19)20/h4-7,9-10,13-14H,2-3,8H2,1H3,(H,17,18)(H,19,20)/t9-,10-,13-,14+/m0/s1. The average Bonchev–Trinajstić information content (AvgIpc) is 3.08. The molecule has 0 spiro atoms.